The van der Waals surface area contributed by atoms with Gasteiger partial charge in [-0.1, -0.05) is 54.1 Å². The second kappa shape index (κ2) is 8.51. The van der Waals surface area contributed by atoms with Crippen molar-refractivity contribution >= 4 is 17.6 Å². The van der Waals surface area contributed by atoms with Gasteiger partial charge in [-0.05, 0) is 35.9 Å². The highest BCUT2D eigenvalue weighted by atomic mass is 35.5. The van der Waals surface area contributed by atoms with Crippen molar-refractivity contribution in [1.29, 1.82) is 0 Å². The Bertz CT molecular complexity index is 1260. The number of hydrogen-bond donors (Lipinski definition) is 1. The van der Waals surface area contributed by atoms with Gasteiger partial charge in [-0.25, -0.2) is 4.79 Å². The van der Waals surface area contributed by atoms with Gasteiger partial charge in [-0.3, -0.25) is 5.10 Å². The summed E-state index contributed by atoms with van der Waals surface area (Å²) in [5.41, 5.74) is 1.75. The van der Waals surface area contributed by atoms with Crippen LogP contribution in [0.1, 0.15) is 15.9 Å². The number of hydrogen-bond acceptors (Lipinski definition) is 3. The molecule has 162 valence electrons. The molecule has 1 aromatic heterocycles. The van der Waals surface area contributed by atoms with Crippen LogP contribution in [0.5, 0.6) is 0 Å². The Morgan fingerprint density at radius 3 is 2.19 bits per heavy atom. The zero-order chi connectivity index (χ0) is 22.9. The Morgan fingerprint density at radius 2 is 1.56 bits per heavy atom. The van der Waals surface area contributed by atoms with Crippen molar-refractivity contribution in [3.63, 3.8) is 0 Å². The van der Waals surface area contributed by atoms with Crippen molar-refractivity contribution in [1.82, 2.24) is 10.2 Å². The Balaban J connectivity index is 1.95. The average molecular weight is 457 g/mol. The average Bonchev–Trinajstić information content (AvgIpc) is 3.23. The number of alkyl halides is 3. The van der Waals surface area contributed by atoms with E-state index in [-0.39, 0.29) is 5.56 Å². The highest BCUT2D eigenvalue weighted by Crippen LogP contribution is 2.44. The van der Waals surface area contributed by atoms with Crippen LogP contribution in [-0.2, 0) is 10.9 Å². The molecule has 4 rings (SSSR count). The second-order valence-corrected chi connectivity index (χ2v) is 7.38. The van der Waals surface area contributed by atoms with Crippen LogP contribution in [0.2, 0.25) is 5.02 Å². The van der Waals surface area contributed by atoms with Crippen molar-refractivity contribution < 1.29 is 22.7 Å². The van der Waals surface area contributed by atoms with Crippen LogP contribution in [0.25, 0.3) is 33.6 Å². The maximum Gasteiger partial charge on any atom is 0.417 e. The van der Waals surface area contributed by atoms with Gasteiger partial charge in [0, 0.05) is 21.7 Å². The Morgan fingerprint density at radius 1 is 0.938 bits per heavy atom. The zero-order valence-electron chi connectivity index (χ0n) is 16.7. The molecule has 32 heavy (non-hydrogen) atoms. The minimum Gasteiger partial charge on any atom is -0.465 e. The van der Waals surface area contributed by atoms with Crippen molar-refractivity contribution in [2.24, 2.45) is 0 Å². The molecular weight excluding hydrogens is 441 g/mol. The number of benzene rings is 3. The molecule has 0 spiro atoms. The van der Waals surface area contributed by atoms with Crippen LogP contribution in [-0.4, -0.2) is 23.3 Å². The minimum absolute atomic E-state index is 0.00857. The minimum atomic E-state index is -4.56. The molecule has 1 N–H and O–H groups in total. The van der Waals surface area contributed by atoms with Gasteiger partial charge in [0.15, 0.2) is 0 Å². The zero-order valence-corrected chi connectivity index (χ0v) is 17.5. The number of H-pyrrole nitrogens is 1. The van der Waals surface area contributed by atoms with E-state index in [1.807, 2.05) is 0 Å². The largest absolute Gasteiger partial charge is 0.465 e. The number of esters is 1. The number of methoxy groups -OCH3 is 1. The van der Waals surface area contributed by atoms with Crippen LogP contribution >= 0.6 is 11.6 Å². The smallest absolute Gasteiger partial charge is 0.417 e. The maximum atomic E-state index is 13.8. The SMILES string of the molecule is COC(=O)c1ccc(-c2n[nH]c(-c3ccc(Cl)cc3)c2-c2ccccc2C(F)(F)F)cc1. The summed E-state index contributed by atoms with van der Waals surface area (Å²) in [6, 6.07) is 18.4. The molecule has 4 aromatic rings. The summed E-state index contributed by atoms with van der Waals surface area (Å²) in [6.07, 6.45) is -4.56. The van der Waals surface area contributed by atoms with Crippen molar-refractivity contribution in [3.8, 4) is 33.6 Å². The van der Waals surface area contributed by atoms with Crippen LogP contribution in [0.4, 0.5) is 13.2 Å². The van der Waals surface area contributed by atoms with E-state index in [1.165, 1.54) is 31.4 Å². The maximum absolute atomic E-state index is 13.8. The number of ether oxygens (including phenoxy) is 1. The van der Waals surface area contributed by atoms with Gasteiger partial charge >= 0.3 is 12.1 Å². The third-order valence-electron chi connectivity index (χ3n) is 4.98. The van der Waals surface area contributed by atoms with Crippen LogP contribution in [0.15, 0.2) is 72.8 Å². The number of nitrogens with zero attached hydrogens (tertiary/aromatic N) is 1. The van der Waals surface area contributed by atoms with E-state index in [1.54, 1.807) is 42.5 Å². The number of carbonyl (C=O) groups excluding carboxylic acids is 1. The van der Waals surface area contributed by atoms with Gasteiger partial charge in [-0.2, -0.15) is 18.3 Å². The summed E-state index contributed by atoms with van der Waals surface area (Å²) in [7, 11) is 1.27. The molecule has 4 nitrogen and oxygen atoms in total. The van der Waals surface area contributed by atoms with Gasteiger partial charge in [-0.15, -0.1) is 0 Å². The van der Waals surface area contributed by atoms with E-state index in [9.17, 15) is 18.0 Å². The number of aromatic nitrogens is 2. The number of halogens is 4. The third-order valence-corrected chi connectivity index (χ3v) is 5.23. The van der Waals surface area contributed by atoms with Crippen molar-refractivity contribution in [2.75, 3.05) is 7.11 Å². The second-order valence-electron chi connectivity index (χ2n) is 6.94. The van der Waals surface area contributed by atoms with Gasteiger partial charge in [0.05, 0.1) is 23.9 Å². The van der Waals surface area contributed by atoms with E-state index in [0.29, 0.717) is 38.7 Å². The molecule has 0 saturated carbocycles. The molecule has 0 saturated heterocycles. The van der Waals surface area contributed by atoms with Crippen LogP contribution in [0.3, 0.4) is 0 Å². The molecule has 0 fully saturated rings. The monoisotopic (exact) mass is 456 g/mol. The molecule has 8 heteroatoms. The molecular formula is C24H16ClF3N2O2. The molecule has 0 radical (unpaired) electrons. The molecule has 0 bridgehead atoms. The fraction of sp³-hybridized carbons (Fsp3) is 0.0833. The third kappa shape index (κ3) is 4.11. The lowest BCUT2D eigenvalue weighted by Gasteiger charge is -2.15. The first-order valence-corrected chi connectivity index (χ1v) is 9.87. The molecule has 0 aliphatic rings. The Labute approximate surface area is 186 Å². The lowest BCUT2D eigenvalue weighted by Crippen LogP contribution is -2.07. The molecule has 0 unspecified atom stereocenters. The normalized spacial score (nSPS) is 11.4. The van der Waals surface area contributed by atoms with E-state index in [2.05, 4.69) is 10.2 Å². The molecule has 0 aliphatic heterocycles. The van der Waals surface area contributed by atoms with Gasteiger partial charge in [0.1, 0.15) is 5.69 Å². The highest BCUT2D eigenvalue weighted by molar-refractivity contribution is 6.30. The molecule has 1 heterocycles. The van der Waals surface area contributed by atoms with Gasteiger partial charge < -0.3 is 4.74 Å². The number of nitrogens with one attached hydrogen (secondary N) is 1. The Kier molecular flexibility index (Phi) is 5.76. The highest BCUT2D eigenvalue weighted by Gasteiger charge is 2.35. The fourth-order valence-electron chi connectivity index (χ4n) is 3.47. The van der Waals surface area contributed by atoms with Crippen molar-refractivity contribution in [3.05, 3.63) is 88.9 Å². The summed E-state index contributed by atoms with van der Waals surface area (Å²) < 4.78 is 46.2. The van der Waals surface area contributed by atoms with E-state index in [0.717, 1.165) is 6.07 Å². The number of carbonyl (C=O) groups is 1. The quantitative estimate of drug-likeness (QED) is 0.341. The lowest BCUT2D eigenvalue weighted by atomic mass is 9.92. The standard InChI is InChI=1S/C24H16ClF3N2O2/c1-32-23(31)16-8-6-14(7-9-16)21-20(18-4-2-3-5-19(18)24(26,27)28)22(30-29-21)15-10-12-17(25)13-11-15/h2-13H,1H3,(H,29,30). The predicted octanol–water partition coefficient (Wildman–Crippen LogP) is 6.87. The summed E-state index contributed by atoms with van der Waals surface area (Å²) in [5, 5.41) is 7.72. The fourth-order valence-corrected chi connectivity index (χ4v) is 3.59. The van der Waals surface area contributed by atoms with Crippen molar-refractivity contribution in [2.45, 2.75) is 6.18 Å². The summed E-state index contributed by atoms with van der Waals surface area (Å²) in [4.78, 5) is 11.7. The number of rotatable bonds is 4. The predicted molar refractivity (Wildman–Crippen MR) is 116 cm³/mol. The van der Waals surface area contributed by atoms with Crippen LogP contribution in [0, 0.1) is 0 Å². The molecule has 0 aliphatic carbocycles. The summed E-state index contributed by atoms with van der Waals surface area (Å²) in [5.74, 6) is -0.511. The van der Waals surface area contributed by atoms with Crippen LogP contribution < -0.4 is 0 Å². The summed E-state index contributed by atoms with van der Waals surface area (Å²) >= 11 is 5.98. The molecule has 3 aromatic carbocycles. The number of aromatic amines is 1. The molecule has 0 amide bonds. The summed E-state index contributed by atoms with van der Waals surface area (Å²) in [6.45, 7) is 0. The van der Waals surface area contributed by atoms with E-state index in [4.69, 9.17) is 16.3 Å². The Hall–Kier alpha value is -3.58. The van der Waals surface area contributed by atoms with E-state index >= 15 is 0 Å². The van der Waals surface area contributed by atoms with E-state index < -0.39 is 17.7 Å². The first-order valence-electron chi connectivity index (χ1n) is 9.49. The first kappa shape index (κ1) is 21.6. The van der Waals surface area contributed by atoms with Gasteiger partial charge in [0.2, 0.25) is 0 Å². The molecule has 0 atom stereocenters. The lowest BCUT2D eigenvalue weighted by molar-refractivity contribution is -0.137. The first-order chi connectivity index (χ1) is 15.3. The topological polar surface area (TPSA) is 55.0 Å². The van der Waals surface area contributed by atoms with Gasteiger partial charge in [0.25, 0.3) is 0 Å².